The van der Waals surface area contributed by atoms with E-state index >= 15 is 0 Å². The van der Waals surface area contributed by atoms with E-state index in [0.717, 1.165) is 30.0 Å². The molecule has 1 aliphatic heterocycles. The van der Waals surface area contributed by atoms with Gasteiger partial charge < -0.3 is 10.1 Å². The first-order valence-corrected chi connectivity index (χ1v) is 9.36. The summed E-state index contributed by atoms with van der Waals surface area (Å²) in [6.07, 6.45) is 3.55. The van der Waals surface area contributed by atoms with Gasteiger partial charge in [0, 0.05) is 18.8 Å². The van der Waals surface area contributed by atoms with E-state index in [9.17, 15) is 8.42 Å². The van der Waals surface area contributed by atoms with Crippen LogP contribution in [0.25, 0.3) is 0 Å². The van der Waals surface area contributed by atoms with Gasteiger partial charge in [-0.05, 0) is 49.2 Å². The highest BCUT2D eigenvalue weighted by molar-refractivity contribution is 7.89. The number of nitrogens with zero attached hydrogens (tertiary/aromatic N) is 2. The van der Waals surface area contributed by atoms with Crippen molar-refractivity contribution in [3.05, 3.63) is 48.3 Å². The third-order valence-electron chi connectivity index (χ3n) is 4.06. The van der Waals surface area contributed by atoms with Crippen molar-refractivity contribution in [3.63, 3.8) is 0 Å². The van der Waals surface area contributed by atoms with Crippen molar-refractivity contribution in [1.82, 2.24) is 9.29 Å². The van der Waals surface area contributed by atoms with Crippen molar-refractivity contribution in [2.24, 2.45) is 0 Å². The zero-order chi connectivity index (χ0) is 17.0. The highest BCUT2D eigenvalue weighted by atomic mass is 32.2. The first kappa shape index (κ1) is 16.7. The number of benzene rings is 1. The molecule has 2 heterocycles. The van der Waals surface area contributed by atoms with Crippen molar-refractivity contribution in [2.45, 2.75) is 24.3 Å². The summed E-state index contributed by atoms with van der Waals surface area (Å²) >= 11 is 0. The lowest BCUT2D eigenvalue weighted by atomic mass is 10.3. The average Bonchev–Trinajstić information content (AvgIpc) is 3.16. The molecule has 0 amide bonds. The number of hydrogen-bond acceptors (Lipinski definition) is 5. The second-order valence-corrected chi connectivity index (χ2v) is 7.62. The molecule has 1 saturated heterocycles. The lowest BCUT2D eigenvalue weighted by Crippen LogP contribution is -2.27. The number of aromatic nitrogens is 1. The first-order chi connectivity index (χ1) is 11.6. The Balaban J connectivity index is 1.63. The van der Waals surface area contributed by atoms with Crippen molar-refractivity contribution in [1.29, 1.82) is 0 Å². The maximum absolute atomic E-state index is 12.5. The molecule has 0 atom stereocenters. The molecular formula is C17H21N3O3S. The SMILES string of the molecule is COc1ccc(CNc2ccc(S(=O)(=O)N3CCCC3)cc2)nc1. The lowest BCUT2D eigenvalue weighted by molar-refractivity contribution is 0.412. The van der Waals surface area contributed by atoms with E-state index in [0.29, 0.717) is 24.5 Å². The highest BCUT2D eigenvalue weighted by Crippen LogP contribution is 2.22. The minimum absolute atomic E-state index is 0.345. The van der Waals surface area contributed by atoms with Crippen LogP contribution in [0.15, 0.2) is 47.5 Å². The van der Waals surface area contributed by atoms with Crippen LogP contribution >= 0.6 is 0 Å². The van der Waals surface area contributed by atoms with Gasteiger partial charge in [-0.2, -0.15) is 4.31 Å². The molecule has 128 valence electrons. The number of hydrogen-bond donors (Lipinski definition) is 1. The lowest BCUT2D eigenvalue weighted by Gasteiger charge is -2.15. The molecule has 2 aromatic rings. The van der Waals surface area contributed by atoms with Crippen molar-refractivity contribution in [3.8, 4) is 5.75 Å². The summed E-state index contributed by atoms with van der Waals surface area (Å²) in [5, 5.41) is 3.23. The molecule has 0 bridgehead atoms. The Hall–Kier alpha value is -2.12. The van der Waals surface area contributed by atoms with Gasteiger partial charge in [0.2, 0.25) is 10.0 Å². The number of methoxy groups -OCH3 is 1. The van der Waals surface area contributed by atoms with Crippen LogP contribution < -0.4 is 10.1 Å². The van der Waals surface area contributed by atoms with Crippen LogP contribution in [0.3, 0.4) is 0 Å². The number of ether oxygens (including phenoxy) is 1. The summed E-state index contributed by atoms with van der Waals surface area (Å²) in [5.74, 6) is 0.718. The molecule has 0 unspecified atom stereocenters. The summed E-state index contributed by atoms with van der Waals surface area (Å²) in [5.41, 5.74) is 1.73. The van der Waals surface area contributed by atoms with Gasteiger partial charge in [-0.3, -0.25) is 4.98 Å². The Morgan fingerprint density at radius 1 is 1.12 bits per heavy atom. The second kappa shape index (κ2) is 7.19. The minimum Gasteiger partial charge on any atom is -0.495 e. The molecular weight excluding hydrogens is 326 g/mol. The van der Waals surface area contributed by atoms with Crippen molar-refractivity contribution >= 4 is 15.7 Å². The Bertz CT molecular complexity index is 768. The molecule has 3 rings (SSSR count). The van der Waals surface area contributed by atoms with Crippen LogP contribution in [0.2, 0.25) is 0 Å². The van der Waals surface area contributed by atoms with Gasteiger partial charge in [-0.15, -0.1) is 0 Å². The Morgan fingerprint density at radius 3 is 2.42 bits per heavy atom. The van der Waals surface area contributed by atoms with Gasteiger partial charge in [0.05, 0.1) is 30.4 Å². The molecule has 24 heavy (non-hydrogen) atoms. The van der Waals surface area contributed by atoms with Crippen LogP contribution in [0.4, 0.5) is 5.69 Å². The number of rotatable bonds is 6. The van der Waals surface area contributed by atoms with E-state index in [-0.39, 0.29) is 0 Å². The van der Waals surface area contributed by atoms with Crippen molar-refractivity contribution in [2.75, 3.05) is 25.5 Å². The predicted molar refractivity (Wildman–Crippen MR) is 92.6 cm³/mol. The fourth-order valence-electron chi connectivity index (χ4n) is 2.65. The van der Waals surface area contributed by atoms with Gasteiger partial charge in [0.1, 0.15) is 5.75 Å². The smallest absolute Gasteiger partial charge is 0.243 e. The van der Waals surface area contributed by atoms with E-state index < -0.39 is 10.0 Å². The Morgan fingerprint density at radius 2 is 1.83 bits per heavy atom. The molecule has 0 saturated carbocycles. The predicted octanol–water partition coefficient (Wildman–Crippen LogP) is 2.49. The third-order valence-corrected chi connectivity index (χ3v) is 5.98. The second-order valence-electron chi connectivity index (χ2n) is 5.68. The van der Waals surface area contributed by atoms with Crippen LogP contribution in [-0.4, -0.2) is 37.9 Å². The molecule has 1 fully saturated rings. The van der Waals surface area contributed by atoms with E-state index in [1.165, 1.54) is 0 Å². The maximum Gasteiger partial charge on any atom is 0.243 e. The molecule has 1 aromatic heterocycles. The van der Waals surface area contributed by atoms with Crippen LogP contribution in [0, 0.1) is 0 Å². The molecule has 0 radical (unpaired) electrons. The molecule has 1 aromatic carbocycles. The zero-order valence-corrected chi connectivity index (χ0v) is 14.4. The van der Waals surface area contributed by atoms with Crippen LogP contribution in [0.1, 0.15) is 18.5 Å². The summed E-state index contributed by atoms with van der Waals surface area (Å²) in [4.78, 5) is 4.63. The van der Waals surface area contributed by atoms with E-state index in [4.69, 9.17) is 4.74 Å². The number of anilines is 1. The quantitative estimate of drug-likeness (QED) is 0.869. The fraction of sp³-hybridized carbons (Fsp3) is 0.353. The van der Waals surface area contributed by atoms with Crippen molar-refractivity contribution < 1.29 is 13.2 Å². The summed E-state index contributed by atoms with van der Waals surface area (Å²) < 4.78 is 31.6. The highest BCUT2D eigenvalue weighted by Gasteiger charge is 2.26. The van der Waals surface area contributed by atoms with Crippen LogP contribution in [0.5, 0.6) is 5.75 Å². The molecule has 0 spiro atoms. The average molecular weight is 347 g/mol. The van der Waals surface area contributed by atoms with E-state index in [1.54, 1.807) is 41.9 Å². The monoisotopic (exact) mass is 347 g/mol. The number of sulfonamides is 1. The fourth-order valence-corrected chi connectivity index (χ4v) is 4.17. The van der Waals surface area contributed by atoms with Gasteiger partial charge >= 0.3 is 0 Å². The Kier molecular flexibility index (Phi) is 5.01. The zero-order valence-electron chi connectivity index (χ0n) is 13.6. The molecule has 0 aliphatic carbocycles. The summed E-state index contributed by atoms with van der Waals surface area (Å²) in [6, 6.07) is 10.6. The van der Waals surface area contributed by atoms with E-state index in [2.05, 4.69) is 10.3 Å². The van der Waals surface area contributed by atoms with Gasteiger partial charge in [0.15, 0.2) is 0 Å². The largest absolute Gasteiger partial charge is 0.495 e. The topological polar surface area (TPSA) is 71.5 Å². The number of pyridine rings is 1. The maximum atomic E-state index is 12.5. The van der Waals surface area contributed by atoms with Crippen LogP contribution in [-0.2, 0) is 16.6 Å². The summed E-state index contributed by atoms with van der Waals surface area (Å²) in [6.45, 7) is 1.79. The number of nitrogens with one attached hydrogen (secondary N) is 1. The summed E-state index contributed by atoms with van der Waals surface area (Å²) in [7, 11) is -1.75. The Labute approximate surface area is 142 Å². The van der Waals surface area contributed by atoms with Gasteiger partial charge in [-0.1, -0.05) is 0 Å². The molecule has 1 N–H and O–H groups in total. The molecule has 1 aliphatic rings. The van der Waals surface area contributed by atoms with Gasteiger partial charge in [-0.25, -0.2) is 8.42 Å². The normalized spacial score (nSPS) is 15.4. The van der Waals surface area contributed by atoms with Gasteiger partial charge in [0.25, 0.3) is 0 Å². The molecule has 6 nitrogen and oxygen atoms in total. The third kappa shape index (κ3) is 3.68. The molecule has 7 heteroatoms. The first-order valence-electron chi connectivity index (χ1n) is 7.92. The minimum atomic E-state index is -3.35. The van der Waals surface area contributed by atoms with E-state index in [1.807, 2.05) is 12.1 Å². The standard InChI is InChI=1S/C17H21N3O3S/c1-23-16-7-4-15(19-13-16)12-18-14-5-8-17(9-6-14)24(21,22)20-10-2-3-11-20/h4-9,13,18H,2-3,10-12H2,1H3.